The van der Waals surface area contributed by atoms with E-state index in [1.807, 2.05) is 0 Å². The molecule has 0 spiro atoms. The Labute approximate surface area is 84.5 Å². The molecule has 0 saturated carbocycles. The molecule has 0 bridgehead atoms. The van der Waals surface area contributed by atoms with Crippen LogP contribution in [0.2, 0.25) is 0 Å². The van der Waals surface area contributed by atoms with Crippen LogP contribution in [0, 0.1) is 0 Å². The van der Waals surface area contributed by atoms with E-state index in [0.717, 1.165) is 12.5 Å². The zero-order chi connectivity index (χ0) is 11.4. The van der Waals surface area contributed by atoms with Gasteiger partial charge in [-0.2, -0.15) is 16.8 Å². The average molecular weight is 246 g/mol. The van der Waals surface area contributed by atoms with E-state index in [4.69, 9.17) is 0 Å². The fourth-order valence-electron chi connectivity index (χ4n) is 0.712. The van der Waals surface area contributed by atoms with Crippen LogP contribution in [0.3, 0.4) is 0 Å². The fraction of sp³-hybridized carbons (Fsp3) is 1.00. The molecule has 0 aliphatic carbocycles. The Kier molecular flexibility index (Phi) is 4.99. The Balaban J connectivity index is 3.82. The van der Waals surface area contributed by atoms with Crippen LogP contribution in [0.5, 0.6) is 0 Å². The molecule has 0 aromatic heterocycles. The van der Waals surface area contributed by atoms with Crippen LogP contribution in [-0.2, 0) is 28.6 Å². The van der Waals surface area contributed by atoms with Gasteiger partial charge in [-0.25, -0.2) is 0 Å². The zero-order valence-corrected chi connectivity index (χ0v) is 9.89. The van der Waals surface area contributed by atoms with Gasteiger partial charge in [-0.1, -0.05) is 0 Å². The maximum atomic E-state index is 10.6. The average Bonchev–Trinajstić information content (AvgIpc) is 1.78. The highest BCUT2D eigenvalue weighted by Gasteiger charge is 2.11. The van der Waals surface area contributed by atoms with Gasteiger partial charge in [0.1, 0.15) is 0 Å². The summed E-state index contributed by atoms with van der Waals surface area (Å²) in [5, 5.41) is 0. The zero-order valence-electron chi connectivity index (χ0n) is 8.26. The largest absolute Gasteiger partial charge is 0.270 e. The Morgan fingerprint density at radius 3 is 1.93 bits per heavy atom. The molecule has 0 heterocycles. The van der Waals surface area contributed by atoms with Crippen LogP contribution < -0.4 is 0 Å². The second-order valence-corrected chi connectivity index (χ2v) is 6.17. The summed E-state index contributed by atoms with van der Waals surface area (Å²) in [6, 6.07) is 0. The van der Waals surface area contributed by atoms with Gasteiger partial charge in [0.25, 0.3) is 20.2 Å². The van der Waals surface area contributed by atoms with Gasteiger partial charge in [-0.05, 0) is 13.3 Å². The monoisotopic (exact) mass is 246 g/mol. The smallest absolute Gasteiger partial charge is 0.264 e. The summed E-state index contributed by atoms with van der Waals surface area (Å²) < 4.78 is 51.2. The van der Waals surface area contributed by atoms with Gasteiger partial charge < -0.3 is 0 Å². The van der Waals surface area contributed by atoms with E-state index < -0.39 is 26.3 Å². The molecule has 0 fully saturated rings. The summed E-state index contributed by atoms with van der Waals surface area (Å²) in [5.74, 6) is 0. The van der Waals surface area contributed by atoms with E-state index in [0.29, 0.717) is 0 Å². The van der Waals surface area contributed by atoms with Gasteiger partial charge in [0.05, 0.1) is 25.2 Å². The van der Waals surface area contributed by atoms with E-state index in [-0.39, 0.29) is 13.0 Å². The highest BCUT2D eigenvalue weighted by molar-refractivity contribution is 7.86. The van der Waals surface area contributed by atoms with Gasteiger partial charge in [0.2, 0.25) is 0 Å². The third kappa shape index (κ3) is 9.90. The highest BCUT2D eigenvalue weighted by atomic mass is 32.2. The molecule has 0 aliphatic heterocycles. The highest BCUT2D eigenvalue weighted by Crippen LogP contribution is 2.02. The molecular formula is C6H14O6S2. The van der Waals surface area contributed by atoms with E-state index in [9.17, 15) is 16.8 Å². The molecule has 0 aromatic carbocycles. The molecule has 86 valence electrons. The maximum Gasteiger partial charge on any atom is 0.264 e. The first-order valence-corrected chi connectivity index (χ1v) is 7.46. The summed E-state index contributed by atoms with van der Waals surface area (Å²) in [6.07, 6.45) is 1.46. The molecule has 8 heteroatoms. The van der Waals surface area contributed by atoms with Crippen molar-refractivity contribution in [1.29, 1.82) is 0 Å². The van der Waals surface area contributed by atoms with E-state index >= 15 is 0 Å². The second-order valence-electron chi connectivity index (χ2n) is 2.93. The molecule has 6 nitrogen and oxygen atoms in total. The van der Waals surface area contributed by atoms with Crippen molar-refractivity contribution in [3.8, 4) is 0 Å². The molecular weight excluding hydrogens is 232 g/mol. The van der Waals surface area contributed by atoms with Crippen molar-refractivity contribution in [2.24, 2.45) is 0 Å². The molecule has 0 aromatic rings. The lowest BCUT2D eigenvalue weighted by Crippen LogP contribution is -2.17. The number of hydrogen-bond acceptors (Lipinski definition) is 6. The van der Waals surface area contributed by atoms with Gasteiger partial charge in [0, 0.05) is 0 Å². The Morgan fingerprint density at radius 2 is 1.57 bits per heavy atom. The second kappa shape index (κ2) is 5.06. The third-order valence-corrected chi connectivity index (χ3v) is 2.43. The van der Waals surface area contributed by atoms with Gasteiger partial charge in [-0.15, -0.1) is 0 Å². The number of hydrogen-bond donors (Lipinski definition) is 0. The predicted molar refractivity (Wildman–Crippen MR) is 50.8 cm³/mol. The first-order valence-electron chi connectivity index (χ1n) is 3.83. The standard InChI is InChI=1S/C6H14O6S2/c1-6(12-14(3,9)10)4-5-11-13(2,7)8/h6H,4-5H2,1-3H3/t6-/m0/s1. The molecule has 0 rings (SSSR count). The Morgan fingerprint density at radius 1 is 1.07 bits per heavy atom. The van der Waals surface area contributed by atoms with E-state index in [1.54, 1.807) is 0 Å². The minimum absolute atomic E-state index is 0.0878. The molecule has 0 unspecified atom stereocenters. The summed E-state index contributed by atoms with van der Waals surface area (Å²) in [6.45, 7) is 1.43. The van der Waals surface area contributed by atoms with Crippen LogP contribution in [0.4, 0.5) is 0 Å². The quantitative estimate of drug-likeness (QED) is 0.599. The van der Waals surface area contributed by atoms with Gasteiger partial charge in [-0.3, -0.25) is 8.37 Å². The van der Waals surface area contributed by atoms with Crippen LogP contribution in [-0.4, -0.2) is 42.1 Å². The van der Waals surface area contributed by atoms with Gasteiger partial charge in [0.15, 0.2) is 0 Å². The first kappa shape index (κ1) is 13.8. The minimum atomic E-state index is -3.49. The lowest BCUT2D eigenvalue weighted by Gasteiger charge is -2.09. The first-order chi connectivity index (χ1) is 6.10. The van der Waals surface area contributed by atoms with Gasteiger partial charge >= 0.3 is 0 Å². The SMILES string of the molecule is C[C@@H](CCOS(C)(=O)=O)OS(C)(=O)=O. The van der Waals surface area contributed by atoms with Crippen molar-refractivity contribution < 1.29 is 25.2 Å². The molecule has 0 amide bonds. The van der Waals surface area contributed by atoms with Crippen LogP contribution in [0.15, 0.2) is 0 Å². The van der Waals surface area contributed by atoms with Crippen LogP contribution in [0.1, 0.15) is 13.3 Å². The fourth-order valence-corrected chi connectivity index (χ4v) is 1.80. The lowest BCUT2D eigenvalue weighted by atomic mass is 10.3. The number of rotatable bonds is 6. The third-order valence-electron chi connectivity index (χ3n) is 1.16. The Hall–Kier alpha value is -0.180. The lowest BCUT2D eigenvalue weighted by molar-refractivity contribution is 0.187. The summed E-state index contributed by atoms with van der Waals surface area (Å²) >= 11 is 0. The van der Waals surface area contributed by atoms with Crippen LogP contribution >= 0.6 is 0 Å². The summed E-state index contributed by atoms with van der Waals surface area (Å²) in [5.41, 5.74) is 0. The van der Waals surface area contributed by atoms with Crippen molar-refractivity contribution in [3.63, 3.8) is 0 Å². The minimum Gasteiger partial charge on any atom is -0.270 e. The van der Waals surface area contributed by atoms with E-state index in [1.165, 1.54) is 6.92 Å². The summed E-state index contributed by atoms with van der Waals surface area (Å²) in [4.78, 5) is 0. The molecule has 0 N–H and O–H groups in total. The van der Waals surface area contributed by atoms with Crippen molar-refractivity contribution >= 4 is 20.2 Å². The Bertz CT molecular complexity index is 354. The van der Waals surface area contributed by atoms with Crippen molar-refractivity contribution in [2.45, 2.75) is 19.4 Å². The molecule has 0 radical (unpaired) electrons. The van der Waals surface area contributed by atoms with Crippen molar-refractivity contribution in [2.75, 3.05) is 19.1 Å². The van der Waals surface area contributed by atoms with Crippen LogP contribution in [0.25, 0.3) is 0 Å². The van der Waals surface area contributed by atoms with Crippen molar-refractivity contribution in [3.05, 3.63) is 0 Å². The topological polar surface area (TPSA) is 86.7 Å². The molecule has 0 aliphatic rings. The molecule has 1 atom stereocenters. The van der Waals surface area contributed by atoms with Crippen molar-refractivity contribution in [1.82, 2.24) is 0 Å². The van der Waals surface area contributed by atoms with E-state index in [2.05, 4.69) is 8.37 Å². The normalized spacial score (nSPS) is 15.4. The maximum absolute atomic E-state index is 10.6. The molecule has 0 saturated heterocycles. The summed E-state index contributed by atoms with van der Waals surface area (Å²) in [7, 11) is -6.96. The predicted octanol–water partition coefficient (Wildman–Crippen LogP) is -0.283. The molecule has 14 heavy (non-hydrogen) atoms.